The van der Waals surface area contributed by atoms with E-state index < -0.39 is 6.89 Å². The van der Waals surface area contributed by atoms with Gasteiger partial charge in [-0.2, -0.15) is 0 Å². The van der Waals surface area contributed by atoms with Gasteiger partial charge in [0, 0.05) is 27.6 Å². The molecule has 0 amide bonds. The molecular weight excluding hydrogens is 676 g/mol. The maximum Gasteiger partial charge on any atom is 0.195 e. The summed E-state index contributed by atoms with van der Waals surface area (Å²) in [6.07, 6.45) is 0. The fourth-order valence-corrected chi connectivity index (χ4v) is 12.1. The predicted octanol–water partition coefficient (Wildman–Crippen LogP) is 10.2. The highest BCUT2D eigenvalue weighted by Gasteiger charge is 2.49. The van der Waals surface area contributed by atoms with Gasteiger partial charge in [-0.05, 0) is 58.2 Å². The van der Waals surface area contributed by atoms with E-state index in [2.05, 4.69) is 103 Å². The van der Waals surface area contributed by atoms with Gasteiger partial charge in [0.25, 0.3) is 0 Å². The number of Topliss-reactive ketones (excluding diaryl/α,β-unsaturated/α-hetero) is 1. The van der Waals surface area contributed by atoms with Crippen molar-refractivity contribution in [3.05, 3.63) is 235 Å². The first-order chi connectivity index (χ1) is 26.7. The van der Waals surface area contributed by atoms with Gasteiger partial charge in [0.2, 0.25) is 0 Å². The molecule has 2 aliphatic carbocycles. The molecule has 0 N–H and O–H groups in total. The summed E-state index contributed by atoms with van der Waals surface area (Å²) >= 11 is 0. The van der Waals surface area contributed by atoms with E-state index in [0.717, 1.165) is 50.4 Å². The monoisotopic (exact) mass is 710 g/mol. The van der Waals surface area contributed by atoms with Crippen LogP contribution in [0.2, 0.25) is 0 Å². The minimum Gasteiger partial charge on any atom is -0.289 e. The molecule has 0 radical (unpaired) electrons. The molecule has 0 aromatic heterocycles. The molecule has 0 aliphatic heterocycles. The zero-order valence-electron chi connectivity index (χ0n) is 29.5. The number of carbonyl (C=O) groups excluding carboxylic acids is 1. The molecule has 54 heavy (non-hydrogen) atoms. The molecule has 3 nitrogen and oxygen atoms in total. The maximum atomic E-state index is 14.9. The van der Waals surface area contributed by atoms with Gasteiger partial charge in [-0.3, -0.25) is 4.79 Å². The molecule has 1 saturated carbocycles. The first-order valence-electron chi connectivity index (χ1n) is 18.1. The Balaban J connectivity index is 1.49. The summed E-state index contributed by atoms with van der Waals surface area (Å²) < 4.78 is 0. The van der Waals surface area contributed by atoms with Crippen LogP contribution in [0.4, 0.5) is 11.4 Å². The molecule has 256 valence electrons. The number of carbonyl (C=O) groups is 1. The van der Waals surface area contributed by atoms with E-state index >= 15 is 0 Å². The van der Waals surface area contributed by atoms with Crippen molar-refractivity contribution in [2.45, 2.75) is 0 Å². The lowest BCUT2D eigenvalue weighted by Crippen LogP contribution is -2.49. The quantitative estimate of drug-likeness (QED) is 0.120. The summed E-state index contributed by atoms with van der Waals surface area (Å²) in [6, 6.07) is 72.8. The van der Waals surface area contributed by atoms with E-state index in [1.165, 1.54) is 15.9 Å². The van der Waals surface area contributed by atoms with E-state index in [-0.39, 0.29) is 5.78 Å². The lowest BCUT2D eigenvalue weighted by atomic mass is 9.68. The third-order valence-corrected chi connectivity index (χ3v) is 14.3. The Morgan fingerprint density at radius 3 is 1.00 bits per heavy atom. The topological polar surface area (TPSA) is 41.8 Å². The van der Waals surface area contributed by atoms with Crippen LogP contribution in [0.15, 0.2) is 233 Å². The number of para-hydroxylation sites is 2. The Kier molecular flexibility index (Phi) is 8.84. The Morgan fingerprint density at radius 1 is 0.315 bits per heavy atom. The molecule has 0 heterocycles. The van der Waals surface area contributed by atoms with E-state index in [0.29, 0.717) is 11.1 Å². The molecule has 1 fully saturated rings. The van der Waals surface area contributed by atoms with Gasteiger partial charge in [-0.15, -0.1) is 0 Å². The number of nitrogens with zero attached hydrogens (tertiary/aromatic N) is 2. The Labute approximate surface area is 316 Å². The number of ketones is 1. The van der Waals surface area contributed by atoms with Crippen molar-refractivity contribution in [3.63, 3.8) is 0 Å². The number of hydrogen-bond acceptors (Lipinski definition) is 3. The number of benzene rings is 7. The first kappa shape index (κ1) is 33.2. The highest BCUT2D eigenvalue weighted by atomic mass is 31.2. The molecule has 0 spiro atoms. The van der Waals surface area contributed by atoms with Crippen molar-refractivity contribution >= 4 is 67.8 Å². The summed E-state index contributed by atoms with van der Waals surface area (Å²) in [4.78, 5) is 26.0. The van der Waals surface area contributed by atoms with E-state index in [9.17, 15) is 4.79 Å². The number of hydrogen-bond donors (Lipinski definition) is 0. The van der Waals surface area contributed by atoms with Crippen LogP contribution < -0.4 is 15.9 Å². The third kappa shape index (κ3) is 5.67. The van der Waals surface area contributed by atoms with Crippen LogP contribution in [0.25, 0.3) is 11.1 Å². The van der Waals surface area contributed by atoms with E-state index in [1.807, 2.05) is 109 Å². The van der Waals surface area contributed by atoms with Gasteiger partial charge in [0.05, 0.1) is 22.8 Å². The normalized spacial score (nSPS) is 15.7. The second-order valence-electron chi connectivity index (χ2n) is 13.2. The van der Waals surface area contributed by atoms with Gasteiger partial charge in [0.1, 0.15) is 0 Å². The zero-order valence-corrected chi connectivity index (χ0v) is 30.4. The average molecular weight is 711 g/mol. The molecule has 2 aliphatic rings. The summed E-state index contributed by atoms with van der Waals surface area (Å²) in [5.74, 6) is -0.00121. The minimum absolute atomic E-state index is 0.00121. The molecule has 4 heteroatoms. The van der Waals surface area contributed by atoms with Crippen LogP contribution in [-0.2, 0) is 4.79 Å². The van der Waals surface area contributed by atoms with Crippen LogP contribution in [0, 0.1) is 0 Å². The Bertz CT molecular complexity index is 2500. The van der Waals surface area contributed by atoms with E-state index in [1.54, 1.807) is 0 Å². The summed E-state index contributed by atoms with van der Waals surface area (Å²) in [7, 11) is 0. The van der Waals surface area contributed by atoms with Gasteiger partial charge in [-0.25, -0.2) is 9.98 Å². The predicted molar refractivity (Wildman–Crippen MR) is 229 cm³/mol. The molecule has 0 unspecified atom stereocenters. The standard InChI is InChI=1S/C50H35N2OP/c53-49-44(37-24-10-2-11-25-37)43(36-22-8-1-9-23-36)45(49)46-47(51-38-26-12-3-13-27-38)50(48(46)52-39-28-14-4-15-29-39)54(40-30-16-5-17-31-40,41-32-18-6-19-33-41)42-34-20-7-21-35-42/h1-35H. The molecule has 7 aromatic rings. The minimum atomic E-state index is -2.70. The van der Waals surface area contributed by atoms with Gasteiger partial charge >= 0.3 is 0 Å². The van der Waals surface area contributed by atoms with Crippen molar-refractivity contribution < 1.29 is 4.79 Å². The molecule has 9 rings (SSSR count). The lowest BCUT2D eigenvalue weighted by Gasteiger charge is -2.42. The maximum absolute atomic E-state index is 14.9. The molecule has 7 aromatic carbocycles. The highest BCUT2D eigenvalue weighted by Crippen LogP contribution is 2.54. The van der Waals surface area contributed by atoms with Crippen molar-refractivity contribution in [1.82, 2.24) is 0 Å². The fourth-order valence-electron chi connectivity index (χ4n) is 7.65. The largest absolute Gasteiger partial charge is 0.289 e. The van der Waals surface area contributed by atoms with Crippen LogP contribution in [-0.4, -0.2) is 22.5 Å². The summed E-state index contributed by atoms with van der Waals surface area (Å²) in [6.45, 7) is -2.70. The highest BCUT2D eigenvalue weighted by molar-refractivity contribution is 7.98. The zero-order chi connectivity index (χ0) is 36.3. The van der Waals surface area contributed by atoms with Gasteiger partial charge in [-0.1, -0.05) is 188 Å². The SMILES string of the molecule is O=C1C(=C2C(=Nc3ccccc3)C(=P(c3ccccc3)(c3ccccc3)c3ccccc3)C2=Nc2ccccc2)C(c2ccccc2)=C1c1ccccc1. The molecule has 0 bridgehead atoms. The summed E-state index contributed by atoms with van der Waals surface area (Å²) in [5, 5.41) is 4.61. The van der Waals surface area contributed by atoms with Crippen molar-refractivity contribution in [2.24, 2.45) is 9.98 Å². The summed E-state index contributed by atoms with van der Waals surface area (Å²) in [5.41, 5.74) is 8.18. The Morgan fingerprint density at radius 2 is 0.630 bits per heavy atom. The molecule has 0 saturated heterocycles. The lowest BCUT2D eigenvalue weighted by molar-refractivity contribution is -0.110. The Hall–Kier alpha value is -6.67. The second kappa shape index (κ2) is 14.4. The van der Waals surface area contributed by atoms with E-state index in [4.69, 9.17) is 9.98 Å². The third-order valence-electron chi connectivity index (χ3n) is 10.0. The molecular formula is C50H35N2OP. The average Bonchev–Trinajstić information content (AvgIpc) is 3.25. The van der Waals surface area contributed by atoms with Crippen LogP contribution in [0.1, 0.15) is 11.1 Å². The number of allylic oxidation sites excluding steroid dienone is 4. The van der Waals surface area contributed by atoms with Crippen LogP contribution in [0.3, 0.4) is 0 Å². The van der Waals surface area contributed by atoms with Crippen LogP contribution >= 0.6 is 6.89 Å². The fraction of sp³-hybridized carbons (Fsp3) is 0. The second-order valence-corrected chi connectivity index (χ2v) is 16.5. The first-order valence-corrected chi connectivity index (χ1v) is 19.9. The van der Waals surface area contributed by atoms with Crippen LogP contribution in [0.5, 0.6) is 0 Å². The number of aliphatic imine (C=N–C) groups is 2. The van der Waals surface area contributed by atoms with Crippen molar-refractivity contribution in [3.8, 4) is 0 Å². The number of rotatable bonds is 7. The van der Waals surface area contributed by atoms with Crippen molar-refractivity contribution in [1.29, 1.82) is 0 Å². The smallest absolute Gasteiger partial charge is 0.195 e. The van der Waals surface area contributed by atoms with Gasteiger partial charge in [0.15, 0.2) is 5.78 Å². The van der Waals surface area contributed by atoms with Crippen molar-refractivity contribution in [2.75, 3.05) is 0 Å². The molecule has 0 atom stereocenters. The van der Waals surface area contributed by atoms with Gasteiger partial charge < -0.3 is 0 Å².